The summed E-state index contributed by atoms with van der Waals surface area (Å²) < 4.78 is 5.25. The van der Waals surface area contributed by atoms with E-state index in [1.807, 2.05) is 25.1 Å². The summed E-state index contributed by atoms with van der Waals surface area (Å²) in [7, 11) is 0. The molecule has 0 radical (unpaired) electrons. The Bertz CT molecular complexity index is 376. The predicted molar refractivity (Wildman–Crippen MR) is 58.1 cm³/mol. The Hall–Kier alpha value is -1.22. The summed E-state index contributed by atoms with van der Waals surface area (Å²) >= 11 is 5.98. The van der Waals surface area contributed by atoms with Gasteiger partial charge in [-0.25, -0.2) is 4.99 Å². The first-order chi connectivity index (χ1) is 6.77. The first-order valence-corrected chi connectivity index (χ1v) is 4.84. The molecule has 4 heteroatoms. The summed E-state index contributed by atoms with van der Waals surface area (Å²) in [6.07, 6.45) is 0. The minimum Gasteiger partial charge on any atom is -0.463 e. The van der Waals surface area contributed by atoms with Crippen molar-refractivity contribution in [3.63, 3.8) is 0 Å². The van der Waals surface area contributed by atoms with Gasteiger partial charge in [-0.15, -0.1) is 0 Å². The van der Waals surface area contributed by atoms with Crippen molar-refractivity contribution in [1.82, 2.24) is 0 Å². The van der Waals surface area contributed by atoms with Crippen molar-refractivity contribution >= 4 is 23.3 Å². The highest BCUT2D eigenvalue weighted by Crippen LogP contribution is 2.23. The number of rotatable bonds is 1. The van der Waals surface area contributed by atoms with Crippen molar-refractivity contribution in [3.05, 3.63) is 28.8 Å². The lowest BCUT2D eigenvalue weighted by atomic mass is 10.2. The molecule has 1 aliphatic rings. The van der Waals surface area contributed by atoms with E-state index in [1.165, 1.54) is 0 Å². The Balaban J connectivity index is 2.20. The standard InChI is InChI=1S/C10H11ClN2O/c1-7-8(11)3-2-4-9(7)13-10-12-5-6-14-10/h2-4H,5-6H2,1H3,(H,12,13). The molecular weight excluding hydrogens is 200 g/mol. The molecule has 0 aliphatic carbocycles. The highest BCUT2D eigenvalue weighted by molar-refractivity contribution is 6.31. The molecule has 0 amide bonds. The van der Waals surface area contributed by atoms with Crippen LogP contribution in [0.1, 0.15) is 5.56 Å². The zero-order valence-electron chi connectivity index (χ0n) is 7.88. The number of anilines is 1. The van der Waals surface area contributed by atoms with Crippen LogP contribution in [-0.4, -0.2) is 19.2 Å². The molecule has 1 aromatic rings. The van der Waals surface area contributed by atoms with E-state index in [1.54, 1.807) is 0 Å². The van der Waals surface area contributed by atoms with Crippen molar-refractivity contribution in [2.45, 2.75) is 6.92 Å². The lowest BCUT2D eigenvalue weighted by Crippen LogP contribution is -2.12. The molecule has 0 atom stereocenters. The van der Waals surface area contributed by atoms with Gasteiger partial charge in [-0.1, -0.05) is 17.7 Å². The molecular formula is C10H11ClN2O. The molecule has 0 saturated heterocycles. The molecule has 1 aromatic carbocycles. The normalized spacial score (nSPS) is 14.9. The molecule has 2 rings (SSSR count). The van der Waals surface area contributed by atoms with Crippen LogP contribution in [0.3, 0.4) is 0 Å². The largest absolute Gasteiger partial charge is 0.463 e. The van der Waals surface area contributed by atoms with Gasteiger partial charge in [-0.2, -0.15) is 0 Å². The Morgan fingerprint density at radius 1 is 1.50 bits per heavy atom. The molecule has 0 unspecified atom stereocenters. The van der Waals surface area contributed by atoms with E-state index < -0.39 is 0 Å². The zero-order chi connectivity index (χ0) is 9.97. The second-order valence-electron chi connectivity index (χ2n) is 3.07. The zero-order valence-corrected chi connectivity index (χ0v) is 8.64. The van der Waals surface area contributed by atoms with Crippen LogP contribution in [0.5, 0.6) is 0 Å². The Kier molecular flexibility index (Phi) is 2.59. The summed E-state index contributed by atoms with van der Waals surface area (Å²) in [5.74, 6) is 0. The average Bonchev–Trinajstić information content (AvgIpc) is 2.66. The maximum Gasteiger partial charge on any atom is 0.289 e. The van der Waals surface area contributed by atoms with Gasteiger partial charge in [0.1, 0.15) is 6.61 Å². The Morgan fingerprint density at radius 3 is 3.07 bits per heavy atom. The lowest BCUT2D eigenvalue weighted by Gasteiger charge is -2.09. The molecule has 0 aromatic heterocycles. The van der Waals surface area contributed by atoms with Crippen LogP contribution in [0.4, 0.5) is 5.69 Å². The maximum absolute atomic E-state index is 5.98. The van der Waals surface area contributed by atoms with Crippen LogP contribution in [0.25, 0.3) is 0 Å². The summed E-state index contributed by atoms with van der Waals surface area (Å²) in [6, 6.07) is 6.29. The number of ether oxygens (including phenoxy) is 1. The van der Waals surface area contributed by atoms with Crippen molar-refractivity contribution in [3.8, 4) is 0 Å². The van der Waals surface area contributed by atoms with E-state index in [0.717, 1.165) is 22.8 Å². The van der Waals surface area contributed by atoms with E-state index in [2.05, 4.69) is 10.3 Å². The number of benzene rings is 1. The van der Waals surface area contributed by atoms with Gasteiger partial charge in [0.15, 0.2) is 0 Å². The van der Waals surface area contributed by atoms with Crippen LogP contribution >= 0.6 is 11.6 Å². The van der Waals surface area contributed by atoms with Gasteiger partial charge < -0.3 is 10.1 Å². The second-order valence-corrected chi connectivity index (χ2v) is 3.48. The number of hydrogen-bond donors (Lipinski definition) is 1. The van der Waals surface area contributed by atoms with E-state index in [0.29, 0.717) is 12.6 Å². The van der Waals surface area contributed by atoms with Crippen LogP contribution in [0.15, 0.2) is 23.2 Å². The fourth-order valence-corrected chi connectivity index (χ4v) is 1.44. The van der Waals surface area contributed by atoms with Crippen molar-refractivity contribution in [2.75, 3.05) is 18.5 Å². The van der Waals surface area contributed by atoms with Gasteiger partial charge in [-0.3, -0.25) is 0 Å². The monoisotopic (exact) mass is 210 g/mol. The topological polar surface area (TPSA) is 33.6 Å². The van der Waals surface area contributed by atoms with Gasteiger partial charge >= 0.3 is 0 Å². The summed E-state index contributed by atoms with van der Waals surface area (Å²) in [6.45, 7) is 3.34. The van der Waals surface area contributed by atoms with Crippen molar-refractivity contribution < 1.29 is 4.74 Å². The Morgan fingerprint density at radius 2 is 2.36 bits per heavy atom. The number of amidine groups is 1. The van der Waals surface area contributed by atoms with Crippen LogP contribution in [0, 0.1) is 6.92 Å². The smallest absolute Gasteiger partial charge is 0.289 e. The fraction of sp³-hybridized carbons (Fsp3) is 0.300. The first-order valence-electron chi connectivity index (χ1n) is 4.47. The van der Waals surface area contributed by atoms with Crippen LogP contribution in [0.2, 0.25) is 5.02 Å². The third kappa shape index (κ3) is 1.82. The third-order valence-corrected chi connectivity index (χ3v) is 2.50. The number of halogens is 1. The van der Waals surface area contributed by atoms with Gasteiger partial charge in [0.2, 0.25) is 0 Å². The van der Waals surface area contributed by atoms with Crippen molar-refractivity contribution in [2.24, 2.45) is 4.99 Å². The van der Waals surface area contributed by atoms with Gasteiger partial charge in [-0.05, 0) is 24.6 Å². The third-order valence-electron chi connectivity index (χ3n) is 2.09. The fourth-order valence-electron chi connectivity index (χ4n) is 1.27. The van der Waals surface area contributed by atoms with Crippen molar-refractivity contribution in [1.29, 1.82) is 0 Å². The second kappa shape index (κ2) is 3.88. The number of aliphatic imine (C=N–C) groups is 1. The molecule has 0 fully saturated rings. The lowest BCUT2D eigenvalue weighted by molar-refractivity contribution is 0.346. The molecule has 1 N–H and O–H groups in total. The summed E-state index contributed by atoms with van der Waals surface area (Å²) in [4.78, 5) is 4.14. The highest BCUT2D eigenvalue weighted by atomic mass is 35.5. The summed E-state index contributed by atoms with van der Waals surface area (Å²) in [5.41, 5.74) is 1.95. The Labute approximate surface area is 87.7 Å². The molecule has 1 aliphatic heterocycles. The number of hydrogen-bond acceptors (Lipinski definition) is 3. The van der Waals surface area contributed by atoms with Crippen LogP contribution in [-0.2, 0) is 4.74 Å². The minimum absolute atomic E-state index is 0.579. The SMILES string of the molecule is Cc1c(Cl)cccc1NC1=NCCO1. The summed E-state index contributed by atoms with van der Waals surface area (Å²) in [5, 5.41) is 3.84. The molecule has 0 spiro atoms. The van der Waals surface area contributed by atoms with Gasteiger partial charge in [0.25, 0.3) is 6.02 Å². The molecule has 3 nitrogen and oxygen atoms in total. The minimum atomic E-state index is 0.579. The quantitative estimate of drug-likeness (QED) is 0.773. The number of nitrogens with one attached hydrogen (secondary N) is 1. The highest BCUT2D eigenvalue weighted by Gasteiger charge is 2.09. The molecule has 74 valence electrons. The average molecular weight is 211 g/mol. The first kappa shape index (κ1) is 9.34. The molecule has 14 heavy (non-hydrogen) atoms. The van der Waals surface area contributed by atoms with E-state index in [9.17, 15) is 0 Å². The van der Waals surface area contributed by atoms with E-state index in [4.69, 9.17) is 16.3 Å². The van der Waals surface area contributed by atoms with Gasteiger partial charge in [0.05, 0.1) is 6.54 Å². The molecule has 0 bridgehead atoms. The van der Waals surface area contributed by atoms with E-state index in [-0.39, 0.29) is 0 Å². The molecule has 0 saturated carbocycles. The molecule has 1 heterocycles. The maximum atomic E-state index is 5.98. The van der Waals surface area contributed by atoms with Gasteiger partial charge in [0, 0.05) is 10.7 Å². The number of nitrogens with zero attached hydrogens (tertiary/aromatic N) is 1. The van der Waals surface area contributed by atoms with E-state index >= 15 is 0 Å². The predicted octanol–water partition coefficient (Wildman–Crippen LogP) is 2.45. The van der Waals surface area contributed by atoms with Crippen LogP contribution < -0.4 is 5.32 Å².